The van der Waals surface area contributed by atoms with Gasteiger partial charge in [-0.3, -0.25) is 9.59 Å². The molecule has 3 heterocycles. The molecule has 0 saturated heterocycles. The number of rotatable bonds is 3. The van der Waals surface area contributed by atoms with Gasteiger partial charge in [-0.05, 0) is 25.2 Å². The summed E-state index contributed by atoms with van der Waals surface area (Å²) in [6, 6.07) is 2.17. The molecule has 0 aromatic carbocycles. The van der Waals surface area contributed by atoms with Crippen LogP contribution in [-0.4, -0.2) is 31.4 Å². The highest BCUT2D eigenvalue weighted by molar-refractivity contribution is 5.97. The van der Waals surface area contributed by atoms with E-state index in [1.165, 1.54) is 17.4 Å². The van der Waals surface area contributed by atoms with Gasteiger partial charge in [0.2, 0.25) is 0 Å². The molecule has 6 nitrogen and oxygen atoms in total. The highest BCUT2D eigenvalue weighted by Gasteiger charge is 2.37. The molecular weight excluding hydrogens is 292 g/mol. The number of aromatic nitrogens is 3. The standard InChI is InChI=1S/C17H22N4O2/c1-10(2)7-11-8-14-18-15-13(16(22)21(14)19-11)9-20(17(15)23)12-5-3-4-6-12/h8,10,12,18H,3-7,9H2,1-2H3. The molecule has 2 aromatic heterocycles. The highest BCUT2D eigenvalue weighted by Crippen LogP contribution is 2.30. The van der Waals surface area contributed by atoms with Crippen LogP contribution in [0.2, 0.25) is 0 Å². The van der Waals surface area contributed by atoms with Crippen LogP contribution in [-0.2, 0) is 13.0 Å². The van der Waals surface area contributed by atoms with Crippen LogP contribution in [0.25, 0.3) is 5.65 Å². The highest BCUT2D eigenvalue weighted by atomic mass is 16.2. The Labute approximate surface area is 134 Å². The zero-order valence-corrected chi connectivity index (χ0v) is 13.6. The fourth-order valence-electron chi connectivity index (χ4n) is 3.86. The van der Waals surface area contributed by atoms with Crippen LogP contribution in [0.5, 0.6) is 0 Å². The lowest BCUT2D eigenvalue weighted by Gasteiger charge is -2.22. The zero-order valence-electron chi connectivity index (χ0n) is 13.6. The van der Waals surface area contributed by atoms with E-state index in [2.05, 4.69) is 23.9 Å². The van der Waals surface area contributed by atoms with Crippen molar-refractivity contribution in [3.05, 3.63) is 33.4 Å². The Morgan fingerprint density at radius 3 is 2.74 bits per heavy atom. The van der Waals surface area contributed by atoms with Gasteiger partial charge in [0.15, 0.2) is 0 Å². The Hall–Kier alpha value is -2.11. The maximum absolute atomic E-state index is 12.7. The second kappa shape index (κ2) is 5.22. The van der Waals surface area contributed by atoms with Crippen LogP contribution in [0.4, 0.5) is 0 Å². The molecule has 1 N–H and O–H groups in total. The molecule has 1 aliphatic heterocycles. The lowest BCUT2D eigenvalue weighted by molar-refractivity contribution is 0.0703. The van der Waals surface area contributed by atoms with Gasteiger partial charge in [-0.15, -0.1) is 0 Å². The van der Waals surface area contributed by atoms with Crippen LogP contribution < -0.4 is 5.56 Å². The summed E-state index contributed by atoms with van der Waals surface area (Å²) in [6.07, 6.45) is 5.25. The summed E-state index contributed by atoms with van der Waals surface area (Å²) in [5.74, 6) is 0.444. The van der Waals surface area contributed by atoms with Crippen LogP contribution in [0.15, 0.2) is 10.9 Å². The summed E-state index contributed by atoms with van der Waals surface area (Å²) in [7, 11) is 0. The largest absolute Gasteiger partial charge is 0.335 e. The average molecular weight is 314 g/mol. The second-order valence-electron chi connectivity index (χ2n) is 7.19. The number of H-pyrrole nitrogens is 1. The first-order valence-corrected chi connectivity index (χ1v) is 8.49. The van der Waals surface area contributed by atoms with Crippen LogP contribution in [0.3, 0.4) is 0 Å². The van der Waals surface area contributed by atoms with Gasteiger partial charge in [0.1, 0.15) is 11.3 Å². The first-order chi connectivity index (χ1) is 11.0. The summed E-state index contributed by atoms with van der Waals surface area (Å²) in [4.78, 5) is 30.4. The lowest BCUT2D eigenvalue weighted by atomic mass is 10.1. The van der Waals surface area contributed by atoms with E-state index < -0.39 is 0 Å². The van der Waals surface area contributed by atoms with Gasteiger partial charge < -0.3 is 9.88 Å². The van der Waals surface area contributed by atoms with E-state index in [1.54, 1.807) is 0 Å². The summed E-state index contributed by atoms with van der Waals surface area (Å²) in [5, 5.41) is 4.42. The molecule has 0 unspecified atom stereocenters. The molecule has 0 radical (unpaired) electrons. The molecule has 122 valence electrons. The third-order valence-corrected chi connectivity index (χ3v) is 4.95. The number of carbonyl (C=O) groups is 1. The second-order valence-corrected chi connectivity index (χ2v) is 7.19. The minimum atomic E-state index is -0.155. The van der Waals surface area contributed by atoms with Crippen molar-refractivity contribution in [2.75, 3.05) is 0 Å². The number of fused-ring (bicyclic) bond motifs is 2. The topological polar surface area (TPSA) is 70.5 Å². The van der Waals surface area contributed by atoms with E-state index in [1.807, 2.05) is 11.0 Å². The Kier molecular flexibility index (Phi) is 3.28. The molecule has 0 bridgehead atoms. The summed E-state index contributed by atoms with van der Waals surface area (Å²) in [5.41, 5.74) is 2.37. The number of aromatic amines is 1. The Bertz CT molecular complexity index is 827. The molecule has 2 aliphatic rings. The van der Waals surface area contributed by atoms with Gasteiger partial charge in [0.25, 0.3) is 11.5 Å². The van der Waals surface area contributed by atoms with E-state index >= 15 is 0 Å². The van der Waals surface area contributed by atoms with Crippen molar-refractivity contribution in [3.63, 3.8) is 0 Å². The quantitative estimate of drug-likeness (QED) is 0.943. The Balaban J connectivity index is 1.75. The molecule has 1 amide bonds. The van der Waals surface area contributed by atoms with Crippen LogP contribution in [0, 0.1) is 5.92 Å². The van der Waals surface area contributed by atoms with Crippen molar-refractivity contribution in [2.24, 2.45) is 5.92 Å². The molecule has 1 fully saturated rings. The van der Waals surface area contributed by atoms with Crippen LogP contribution >= 0.6 is 0 Å². The van der Waals surface area contributed by atoms with Crippen LogP contribution in [0.1, 0.15) is 61.3 Å². The SMILES string of the molecule is CC(C)Cc1cc2[nH]c3c(c(=O)n2n1)CN(C1CCCC1)C3=O. The van der Waals surface area contributed by atoms with Gasteiger partial charge >= 0.3 is 0 Å². The maximum Gasteiger partial charge on any atom is 0.280 e. The molecule has 4 rings (SSSR count). The van der Waals surface area contributed by atoms with Gasteiger partial charge in [-0.25, -0.2) is 0 Å². The molecule has 0 atom stereocenters. The predicted octanol–water partition coefficient (Wildman–Crippen LogP) is 2.12. The Morgan fingerprint density at radius 1 is 1.30 bits per heavy atom. The number of hydrogen-bond donors (Lipinski definition) is 1. The average Bonchev–Trinajstić information content (AvgIpc) is 3.19. The van der Waals surface area contributed by atoms with Gasteiger partial charge in [-0.1, -0.05) is 26.7 Å². The summed E-state index contributed by atoms with van der Waals surface area (Å²) < 4.78 is 1.42. The molecule has 0 spiro atoms. The van der Waals surface area contributed by atoms with E-state index in [4.69, 9.17) is 0 Å². The number of nitrogens with one attached hydrogen (secondary N) is 1. The predicted molar refractivity (Wildman–Crippen MR) is 86.5 cm³/mol. The lowest BCUT2D eigenvalue weighted by Crippen LogP contribution is -2.33. The smallest absolute Gasteiger partial charge is 0.280 e. The minimum Gasteiger partial charge on any atom is -0.335 e. The molecular formula is C17H22N4O2. The number of carbonyl (C=O) groups excluding carboxylic acids is 1. The third kappa shape index (κ3) is 2.28. The number of amides is 1. The first kappa shape index (κ1) is 14.5. The monoisotopic (exact) mass is 314 g/mol. The minimum absolute atomic E-state index is 0.0295. The van der Waals surface area contributed by atoms with Crippen molar-refractivity contribution < 1.29 is 4.79 Å². The Morgan fingerprint density at radius 2 is 2.04 bits per heavy atom. The van der Waals surface area contributed by atoms with Crippen molar-refractivity contribution >= 4 is 11.6 Å². The zero-order chi connectivity index (χ0) is 16.1. The van der Waals surface area contributed by atoms with E-state index in [9.17, 15) is 9.59 Å². The van der Waals surface area contributed by atoms with E-state index in [0.29, 0.717) is 29.4 Å². The van der Waals surface area contributed by atoms with Gasteiger partial charge in [-0.2, -0.15) is 9.61 Å². The third-order valence-electron chi connectivity index (χ3n) is 4.95. The first-order valence-electron chi connectivity index (χ1n) is 8.49. The molecule has 1 saturated carbocycles. The van der Waals surface area contributed by atoms with Crippen molar-refractivity contribution in [1.29, 1.82) is 0 Å². The summed E-state index contributed by atoms with van der Waals surface area (Å²) >= 11 is 0. The molecule has 2 aromatic rings. The molecule has 6 heteroatoms. The molecule has 23 heavy (non-hydrogen) atoms. The normalized spacial score (nSPS) is 18.6. The number of nitrogens with zero attached hydrogens (tertiary/aromatic N) is 3. The fraction of sp³-hybridized carbons (Fsp3) is 0.588. The number of hydrogen-bond acceptors (Lipinski definition) is 3. The van der Waals surface area contributed by atoms with E-state index in [-0.39, 0.29) is 17.5 Å². The van der Waals surface area contributed by atoms with Crippen molar-refractivity contribution in [1.82, 2.24) is 19.5 Å². The van der Waals surface area contributed by atoms with Gasteiger partial charge in [0.05, 0.1) is 17.8 Å². The van der Waals surface area contributed by atoms with Gasteiger partial charge in [0, 0.05) is 12.1 Å². The van der Waals surface area contributed by atoms with Crippen molar-refractivity contribution in [3.8, 4) is 0 Å². The fourth-order valence-corrected chi connectivity index (χ4v) is 3.86. The van der Waals surface area contributed by atoms with E-state index in [0.717, 1.165) is 25.0 Å². The molecule has 1 aliphatic carbocycles. The van der Waals surface area contributed by atoms with Crippen molar-refractivity contribution in [2.45, 2.75) is 58.5 Å². The summed E-state index contributed by atoms with van der Waals surface area (Å²) in [6.45, 7) is 4.66. The maximum atomic E-state index is 12.7.